The topological polar surface area (TPSA) is 52.6 Å². The molecule has 0 bridgehead atoms. The lowest BCUT2D eigenvalue weighted by Crippen LogP contribution is -2.48. The number of benzene rings is 1. The van der Waals surface area contributed by atoms with Crippen molar-refractivity contribution in [2.45, 2.75) is 52.1 Å². The summed E-state index contributed by atoms with van der Waals surface area (Å²) in [7, 11) is -1.67. The molecule has 0 spiro atoms. The van der Waals surface area contributed by atoms with Crippen LogP contribution in [0.3, 0.4) is 0 Å². The van der Waals surface area contributed by atoms with E-state index < -0.39 is 37.6 Å². The van der Waals surface area contributed by atoms with Gasteiger partial charge in [0, 0.05) is 13.8 Å². The number of carbonyl (C=O) groups excluding carboxylic acids is 2. The van der Waals surface area contributed by atoms with Gasteiger partial charge in [0.05, 0.1) is 5.92 Å². The molecule has 0 N–H and O–H groups in total. The summed E-state index contributed by atoms with van der Waals surface area (Å²) in [5.41, 5.74) is 5.19. The summed E-state index contributed by atoms with van der Waals surface area (Å²) in [5, 5.41) is 0. The molecule has 0 unspecified atom stereocenters. The average molecular weight is 344 g/mol. The van der Waals surface area contributed by atoms with Crippen molar-refractivity contribution in [1.29, 1.82) is 0 Å². The summed E-state index contributed by atoms with van der Waals surface area (Å²) in [6.45, 7) is 11.4. The van der Waals surface area contributed by atoms with Gasteiger partial charge in [0.25, 0.3) is 5.79 Å². The SMILES string of the molecule is Cc1ccc([C@@H](C#C[Si](C)(C)C)C2C(=O)OC(C)(C)OC2=O)cc1. The Bertz CT molecular complexity index is 682. The summed E-state index contributed by atoms with van der Waals surface area (Å²) >= 11 is 0. The van der Waals surface area contributed by atoms with E-state index in [4.69, 9.17) is 9.47 Å². The number of hydrogen-bond donors (Lipinski definition) is 0. The fourth-order valence-corrected chi connectivity index (χ4v) is 3.02. The van der Waals surface area contributed by atoms with Gasteiger partial charge in [-0.25, -0.2) is 0 Å². The summed E-state index contributed by atoms with van der Waals surface area (Å²) < 4.78 is 10.6. The van der Waals surface area contributed by atoms with Crippen LogP contribution in [0.15, 0.2) is 24.3 Å². The fraction of sp³-hybridized carbons (Fsp3) is 0.474. The van der Waals surface area contributed by atoms with Crippen molar-refractivity contribution in [3.05, 3.63) is 35.4 Å². The first-order valence-electron chi connectivity index (χ1n) is 8.03. The molecule has 1 aliphatic heterocycles. The van der Waals surface area contributed by atoms with Crippen molar-refractivity contribution in [1.82, 2.24) is 0 Å². The van der Waals surface area contributed by atoms with Crippen molar-refractivity contribution in [2.24, 2.45) is 5.92 Å². The maximum Gasteiger partial charge on any atom is 0.325 e. The monoisotopic (exact) mass is 344 g/mol. The molecule has 1 saturated heterocycles. The number of aryl methyl sites for hydroxylation is 1. The van der Waals surface area contributed by atoms with Gasteiger partial charge in [-0.15, -0.1) is 11.5 Å². The normalized spacial score (nSPS) is 18.9. The van der Waals surface area contributed by atoms with E-state index in [1.807, 2.05) is 31.2 Å². The van der Waals surface area contributed by atoms with E-state index >= 15 is 0 Å². The first kappa shape index (κ1) is 18.3. The van der Waals surface area contributed by atoms with Gasteiger partial charge in [-0.3, -0.25) is 9.59 Å². The molecule has 1 aliphatic rings. The van der Waals surface area contributed by atoms with E-state index in [1.165, 1.54) is 0 Å². The van der Waals surface area contributed by atoms with Crippen LogP contribution in [-0.4, -0.2) is 25.8 Å². The molecule has 1 heterocycles. The van der Waals surface area contributed by atoms with Crippen molar-refractivity contribution >= 4 is 20.0 Å². The van der Waals surface area contributed by atoms with E-state index in [0.29, 0.717) is 0 Å². The van der Waals surface area contributed by atoms with Gasteiger partial charge in [0.1, 0.15) is 8.07 Å². The zero-order valence-corrected chi connectivity index (χ0v) is 16.1. The quantitative estimate of drug-likeness (QED) is 0.357. The minimum absolute atomic E-state index is 0.562. The molecule has 0 aliphatic carbocycles. The Morgan fingerprint density at radius 2 is 1.54 bits per heavy atom. The van der Waals surface area contributed by atoms with Crippen LogP contribution >= 0.6 is 0 Å². The van der Waals surface area contributed by atoms with Crippen LogP contribution < -0.4 is 0 Å². The fourth-order valence-electron chi connectivity index (χ4n) is 2.43. The van der Waals surface area contributed by atoms with Crippen LogP contribution in [0.2, 0.25) is 19.6 Å². The predicted octanol–water partition coefficient (Wildman–Crippen LogP) is 3.41. The van der Waals surface area contributed by atoms with Crippen LogP contribution in [-0.2, 0) is 19.1 Å². The Labute approximate surface area is 144 Å². The molecule has 0 aromatic heterocycles. The molecule has 0 radical (unpaired) electrons. The van der Waals surface area contributed by atoms with Gasteiger partial charge in [-0.05, 0) is 12.5 Å². The molecule has 1 atom stereocenters. The Kier molecular flexibility index (Phi) is 4.91. The summed E-state index contributed by atoms with van der Waals surface area (Å²) in [6, 6.07) is 7.70. The summed E-state index contributed by atoms with van der Waals surface area (Å²) in [5.74, 6) is -0.831. The molecule has 1 aromatic rings. The Balaban J connectivity index is 2.45. The number of carbonyl (C=O) groups is 2. The lowest BCUT2D eigenvalue weighted by atomic mass is 9.85. The predicted molar refractivity (Wildman–Crippen MR) is 94.8 cm³/mol. The highest BCUT2D eigenvalue weighted by Gasteiger charge is 2.47. The van der Waals surface area contributed by atoms with Crippen LogP contribution in [0.5, 0.6) is 0 Å². The van der Waals surface area contributed by atoms with Crippen LogP contribution in [0, 0.1) is 24.3 Å². The van der Waals surface area contributed by atoms with E-state index in [9.17, 15) is 9.59 Å². The molecular formula is C19H24O4Si. The van der Waals surface area contributed by atoms with Crippen molar-refractivity contribution < 1.29 is 19.1 Å². The molecule has 0 amide bonds. The van der Waals surface area contributed by atoms with E-state index in [2.05, 4.69) is 31.1 Å². The summed E-state index contributed by atoms with van der Waals surface area (Å²) in [6.07, 6.45) is 0. The highest BCUT2D eigenvalue weighted by molar-refractivity contribution is 6.83. The van der Waals surface area contributed by atoms with Gasteiger partial charge in [-0.2, -0.15) is 0 Å². The molecule has 5 heteroatoms. The maximum atomic E-state index is 12.4. The second-order valence-electron chi connectivity index (χ2n) is 7.63. The molecular weight excluding hydrogens is 320 g/mol. The Morgan fingerprint density at radius 1 is 1.04 bits per heavy atom. The second kappa shape index (κ2) is 6.44. The molecule has 4 nitrogen and oxygen atoms in total. The largest absolute Gasteiger partial charge is 0.422 e. The van der Waals surface area contributed by atoms with Crippen molar-refractivity contribution in [3.63, 3.8) is 0 Å². The first-order chi connectivity index (χ1) is 11.0. The number of hydrogen-bond acceptors (Lipinski definition) is 4. The van der Waals surface area contributed by atoms with Gasteiger partial charge in [0.2, 0.25) is 0 Å². The molecule has 2 rings (SSSR count). The molecule has 1 fully saturated rings. The minimum Gasteiger partial charge on any atom is -0.422 e. The Hall–Kier alpha value is -2.06. The smallest absolute Gasteiger partial charge is 0.325 e. The van der Waals surface area contributed by atoms with E-state index in [1.54, 1.807) is 13.8 Å². The lowest BCUT2D eigenvalue weighted by Gasteiger charge is -2.34. The number of cyclic esters (lactones) is 2. The third-order valence-corrected chi connectivity index (χ3v) is 4.47. The lowest BCUT2D eigenvalue weighted by molar-refractivity contribution is -0.240. The van der Waals surface area contributed by atoms with Gasteiger partial charge in [0.15, 0.2) is 5.92 Å². The highest BCUT2D eigenvalue weighted by atomic mass is 28.3. The third kappa shape index (κ3) is 4.48. The van der Waals surface area contributed by atoms with Crippen LogP contribution in [0.1, 0.15) is 30.9 Å². The van der Waals surface area contributed by atoms with E-state index in [-0.39, 0.29) is 0 Å². The van der Waals surface area contributed by atoms with Gasteiger partial charge >= 0.3 is 11.9 Å². The van der Waals surface area contributed by atoms with Crippen LogP contribution in [0.4, 0.5) is 0 Å². The highest BCUT2D eigenvalue weighted by Crippen LogP contribution is 2.33. The zero-order chi connectivity index (χ0) is 18.1. The van der Waals surface area contributed by atoms with Crippen LogP contribution in [0.25, 0.3) is 0 Å². The molecule has 128 valence electrons. The molecule has 1 aromatic carbocycles. The van der Waals surface area contributed by atoms with Gasteiger partial charge < -0.3 is 9.47 Å². The van der Waals surface area contributed by atoms with Crippen molar-refractivity contribution in [2.75, 3.05) is 0 Å². The number of esters is 2. The first-order valence-corrected chi connectivity index (χ1v) is 11.5. The maximum absolute atomic E-state index is 12.4. The second-order valence-corrected chi connectivity index (χ2v) is 12.4. The minimum atomic E-state index is -1.67. The standard InChI is InChI=1S/C19H24O4Si/c1-13-7-9-14(10-8-13)15(11-12-24(4,5)6)16-17(20)22-19(2,3)23-18(16)21/h7-10,15-16H,1-6H3/t15-/m1/s1. The zero-order valence-electron chi connectivity index (χ0n) is 15.1. The Morgan fingerprint density at radius 3 is 2.00 bits per heavy atom. The van der Waals surface area contributed by atoms with E-state index in [0.717, 1.165) is 11.1 Å². The average Bonchev–Trinajstić information content (AvgIpc) is 2.40. The molecule has 0 saturated carbocycles. The van der Waals surface area contributed by atoms with Crippen molar-refractivity contribution in [3.8, 4) is 11.5 Å². The van der Waals surface area contributed by atoms with Gasteiger partial charge in [-0.1, -0.05) is 49.5 Å². The number of ether oxygens (including phenoxy) is 2. The summed E-state index contributed by atoms with van der Waals surface area (Å²) in [4.78, 5) is 24.9. The third-order valence-electron chi connectivity index (χ3n) is 3.57. The number of rotatable bonds is 2. The molecule has 24 heavy (non-hydrogen) atoms.